The van der Waals surface area contributed by atoms with Gasteiger partial charge in [0.15, 0.2) is 0 Å². The topological polar surface area (TPSA) is 21.3 Å². The van der Waals surface area contributed by atoms with Crippen molar-refractivity contribution in [1.29, 1.82) is 0 Å². The minimum Gasteiger partial charge on any atom is -0.381 e. The first-order chi connectivity index (χ1) is 7.40. The van der Waals surface area contributed by atoms with Crippen molar-refractivity contribution in [2.75, 3.05) is 19.8 Å². The molecule has 2 atom stereocenters. The molecular formula is C12H19NOS. The van der Waals surface area contributed by atoms with Crippen LogP contribution in [-0.2, 0) is 11.2 Å². The van der Waals surface area contributed by atoms with Crippen molar-refractivity contribution in [3.05, 3.63) is 22.4 Å². The summed E-state index contributed by atoms with van der Waals surface area (Å²) in [6.07, 6.45) is 2.32. The lowest BCUT2D eigenvalue weighted by atomic mass is 9.92. The molecule has 15 heavy (non-hydrogen) atoms. The van der Waals surface area contributed by atoms with E-state index in [2.05, 4.69) is 29.8 Å². The normalized spacial score (nSPS) is 26.7. The SMILES string of the molecule is CCNC1CCOCC1Cc1cccs1. The van der Waals surface area contributed by atoms with Gasteiger partial charge in [0.2, 0.25) is 0 Å². The molecule has 0 amide bonds. The van der Waals surface area contributed by atoms with Crippen LogP contribution in [0, 0.1) is 5.92 Å². The van der Waals surface area contributed by atoms with Gasteiger partial charge in [0.25, 0.3) is 0 Å². The molecule has 3 heteroatoms. The van der Waals surface area contributed by atoms with Crippen molar-refractivity contribution < 1.29 is 4.74 Å². The number of rotatable bonds is 4. The van der Waals surface area contributed by atoms with Crippen molar-refractivity contribution in [2.45, 2.75) is 25.8 Å². The average molecular weight is 225 g/mol. The Bertz CT molecular complexity index is 271. The second kappa shape index (κ2) is 5.64. The average Bonchev–Trinajstić information content (AvgIpc) is 2.74. The third-order valence-corrected chi connectivity index (χ3v) is 3.88. The van der Waals surface area contributed by atoms with Crippen molar-refractivity contribution in [1.82, 2.24) is 5.32 Å². The number of ether oxygens (including phenoxy) is 1. The molecule has 0 bridgehead atoms. The molecule has 0 aliphatic carbocycles. The number of nitrogens with one attached hydrogen (secondary N) is 1. The molecule has 2 unspecified atom stereocenters. The van der Waals surface area contributed by atoms with Crippen LogP contribution in [0.15, 0.2) is 17.5 Å². The number of hydrogen-bond acceptors (Lipinski definition) is 3. The van der Waals surface area contributed by atoms with Crippen molar-refractivity contribution in [2.24, 2.45) is 5.92 Å². The van der Waals surface area contributed by atoms with Crippen molar-refractivity contribution in [3.8, 4) is 0 Å². The highest BCUT2D eigenvalue weighted by Crippen LogP contribution is 2.22. The second-order valence-electron chi connectivity index (χ2n) is 4.07. The van der Waals surface area contributed by atoms with Gasteiger partial charge in [-0.1, -0.05) is 13.0 Å². The standard InChI is InChI=1S/C12H19NOS/c1-2-13-12-5-6-14-9-10(12)8-11-4-3-7-15-11/h3-4,7,10,12-13H,2,5-6,8-9H2,1H3. The first-order valence-electron chi connectivity index (χ1n) is 5.73. The van der Waals surface area contributed by atoms with E-state index in [9.17, 15) is 0 Å². The van der Waals surface area contributed by atoms with E-state index in [0.29, 0.717) is 12.0 Å². The monoisotopic (exact) mass is 225 g/mol. The van der Waals surface area contributed by atoms with Crippen LogP contribution in [0.1, 0.15) is 18.2 Å². The third-order valence-electron chi connectivity index (χ3n) is 2.98. The summed E-state index contributed by atoms with van der Waals surface area (Å²) in [6, 6.07) is 5.00. The maximum Gasteiger partial charge on any atom is 0.0512 e. The lowest BCUT2D eigenvalue weighted by Gasteiger charge is -2.31. The van der Waals surface area contributed by atoms with Crippen LogP contribution in [0.25, 0.3) is 0 Å². The summed E-state index contributed by atoms with van der Waals surface area (Å²) >= 11 is 1.85. The molecule has 0 saturated carbocycles. The van der Waals surface area contributed by atoms with Gasteiger partial charge >= 0.3 is 0 Å². The summed E-state index contributed by atoms with van der Waals surface area (Å²) in [4.78, 5) is 1.48. The summed E-state index contributed by atoms with van der Waals surface area (Å²) in [5, 5.41) is 5.73. The molecule has 1 N–H and O–H groups in total. The molecule has 84 valence electrons. The van der Waals surface area contributed by atoms with Gasteiger partial charge in [-0.15, -0.1) is 11.3 Å². The van der Waals surface area contributed by atoms with Crippen LogP contribution in [0.3, 0.4) is 0 Å². The van der Waals surface area contributed by atoms with Crippen LogP contribution in [0.4, 0.5) is 0 Å². The van der Waals surface area contributed by atoms with Gasteiger partial charge in [-0.2, -0.15) is 0 Å². The largest absolute Gasteiger partial charge is 0.381 e. The fourth-order valence-corrected chi connectivity index (χ4v) is 3.02. The van der Waals surface area contributed by atoms with Gasteiger partial charge in [0.1, 0.15) is 0 Å². The molecule has 1 aromatic heterocycles. The molecule has 0 spiro atoms. The van der Waals surface area contributed by atoms with Gasteiger partial charge in [-0.05, 0) is 30.8 Å². The quantitative estimate of drug-likeness (QED) is 0.849. The molecule has 1 aliphatic heterocycles. The van der Waals surface area contributed by atoms with E-state index < -0.39 is 0 Å². The molecule has 1 aromatic rings. The molecular weight excluding hydrogens is 206 g/mol. The molecule has 1 fully saturated rings. The summed E-state index contributed by atoms with van der Waals surface area (Å²) in [5.41, 5.74) is 0. The Kier molecular flexibility index (Phi) is 4.18. The first kappa shape index (κ1) is 11.1. The van der Waals surface area contributed by atoms with Crippen LogP contribution < -0.4 is 5.32 Å². The highest BCUT2D eigenvalue weighted by Gasteiger charge is 2.25. The Morgan fingerprint density at radius 1 is 1.60 bits per heavy atom. The Hall–Kier alpha value is -0.380. The van der Waals surface area contributed by atoms with E-state index in [0.717, 1.165) is 32.6 Å². The zero-order valence-electron chi connectivity index (χ0n) is 9.24. The molecule has 0 aromatic carbocycles. The molecule has 1 aliphatic rings. The zero-order chi connectivity index (χ0) is 10.5. The maximum absolute atomic E-state index is 5.57. The van der Waals surface area contributed by atoms with Gasteiger partial charge < -0.3 is 10.1 Å². The Morgan fingerprint density at radius 3 is 3.27 bits per heavy atom. The van der Waals surface area contributed by atoms with E-state index in [-0.39, 0.29) is 0 Å². The summed E-state index contributed by atoms with van der Waals surface area (Å²) in [7, 11) is 0. The fourth-order valence-electron chi connectivity index (χ4n) is 2.22. The Balaban J connectivity index is 1.92. The van der Waals surface area contributed by atoms with E-state index >= 15 is 0 Å². The predicted octanol–water partition coefficient (Wildman–Crippen LogP) is 2.31. The fraction of sp³-hybridized carbons (Fsp3) is 0.667. The van der Waals surface area contributed by atoms with Gasteiger partial charge in [0.05, 0.1) is 6.61 Å². The van der Waals surface area contributed by atoms with Crippen LogP contribution in [0.5, 0.6) is 0 Å². The molecule has 2 heterocycles. The third kappa shape index (κ3) is 3.03. The van der Waals surface area contributed by atoms with Crippen LogP contribution >= 0.6 is 11.3 Å². The van der Waals surface area contributed by atoms with Crippen LogP contribution in [0.2, 0.25) is 0 Å². The van der Waals surface area contributed by atoms with Gasteiger partial charge in [0, 0.05) is 23.4 Å². The highest BCUT2D eigenvalue weighted by molar-refractivity contribution is 7.09. The predicted molar refractivity (Wildman–Crippen MR) is 64.4 cm³/mol. The summed E-state index contributed by atoms with van der Waals surface area (Å²) in [5.74, 6) is 0.650. The van der Waals surface area contributed by atoms with Crippen molar-refractivity contribution in [3.63, 3.8) is 0 Å². The second-order valence-corrected chi connectivity index (χ2v) is 5.10. The lowest BCUT2D eigenvalue weighted by molar-refractivity contribution is 0.0330. The van der Waals surface area contributed by atoms with Crippen molar-refractivity contribution >= 4 is 11.3 Å². The van der Waals surface area contributed by atoms with E-state index in [4.69, 9.17) is 4.74 Å². The van der Waals surface area contributed by atoms with E-state index in [1.807, 2.05) is 11.3 Å². The zero-order valence-corrected chi connectivity index (χ0v) is 10.1. The molecule has 2 rings (SSSR count). The van der Waals surface area contributed by atoms with Gasteiger partial charge in [-0.3, -0.25) is 0 Å². The number of thiophene rings is 1. The molecule has 1 saturated heterocycles. The molecule has 0 radical (unpaired) electrons. The molecule has 2 nitrogen and oxygen atoms in total. The minimum atomic E-state index is 0.644. The summed E-state index contributed by atoms with van der Waals surface area (Å²) in [6.45, 7) is 5.07. The Labute approximate surface area is 95.6 Å². The minimum absolute atomic E-state index is 0.644. The van der Waals surface area contributed by atoms with Crippen LogP contribution in [-0.4, -0.2) is 25.8 Å². The van der Waals surface area contributed by atoms with E-state index in [1.165, 1.54) is 4.88 Å². The Morgan fingerprint density at radius 2 is 2.53 bits per heavy atom. The maximum atomic E-state index is 5.57. The van der Waals surface area contributed by atoms with E-state index in [1.54, 1.807) is 0 Å². The number of hydrogen-bond donors (Lipinski definition) is 1. The highest BCUT2D eigenvalue weighted by atomic mass is 32.1. The smallest absolute Gasteiger partial charge is 0.0512 e. The first-order valence-corrected chi connectivity index (χ1v) is 6.61. The summed E-state index contributed by atoms with van der Waals surface area (Å²) < 4.78 is 5.57. The van der Waals surface area contributed by atoms with Gasteiger partial charge in [-0.25, -0.2) is 0 Å². The lowest BCUT2D eigenvalue weighted by Crippen LogP contribution is -2.43.